The molecule has 1 aliphatic heterocycles. The lowest BCUT2D eigenvalue weighted by Gasteiger charge is -2.32. The van der Waals surface area contributed by atoms with Gasteiger partial charge in [-0.25, -0.2) is 19.3 Å². The van der Waals surface area contributed by atoms with Crippen molar-refractivity contribution < 1.29 is 14.7 Å². The minimum Gasteiger partial charge on any atom is -0.507 e. The van der Waals surface area contributed by atoms with E-state index in [9.17, 15) is 19.5 Å². The van der Waals surface area contributed by atoms with Crippen molar-refractivity contribution in [2.45, 2.75) is 25.4 Å². The maximum absolute atomic E-state index is 12.7. The lowest BCUT2D eigenvalue weighted by molar-refractivity contribution is 0.0909. The molecule has 224 valence electrons. The molecule has 0 unspecified atom stereocenters. The summed E-state index contributed by atoms with van der Waals surface area (Å²) in [6.45, 7) is 2.48. The normalized spacial score (nSPS) is 14.1. The molecule has 0 saturated carbocycles. The average molecular weight is 599 g/mol. The lowest BCUT2D eigenvalue weighted by Crippen LogP contribution is -2.44. The summed E-state index contributed by atoms with van der Waals surface area (Å²) in [4.78, 5) is 43.4. The fourth-order valence-electron chi connectivity index (χ4n) is 5.99. The third-order valence-electron chi connectivity index (χ3n) is 8.44. The Labute approximate surface area is 258 Å². The number of rotatable bonds is 7. The lowest BCUT2D eigenvalue weighted by atomic mass is 9.97. The molecule has 0 atom stereocenters. The van der Waals surface area contributed by atoms with E-state index >= 15 is 0 Å². The molecular weight excluding hydrogens is 568 g/mol. The van der Waals surface area contributed by atoms with Crippen LogP contribution < -0.4 is 11.0 Å². The predicted octanol–water partition coefficient (Wildman–Crippen LogP) is 4.82. The van der Waals surface area contributed by atoms with E-state index in [0.717, 1.165) is 65.8 Å². The predicted molar refractivity (Wildman–Crippen MR) is 171 cm³/mol. The zero-order chi connectivity index (χ0) is 30.9. The van der Waals surface area contributed by atoms with Crippen LogP contribution in [0.4, 0.5) is 0 Å². The second-order valence-electron chi connectivity index (χ2n) is 11.3. The zero-order valence-electron chi connectivity index (χ0n) is 24.3. The van der Waals surface area contributed by atoms with E-state index in [-0.39, 0.29) is 29.0 Å². The molecule has 0 bridgehead atoms. The molecule has 0 spiro atoms. The Morgan fingerprint density at radius 1 is 0.978 bits per heavy atom. The number of aromatic hydroxyl groups is 1. The largest absolute Gasteiger partial charge is 0.507 e. The number of amides is 1. The molecule has 1 saturated heterocycles. The number of likely N-dealkylation sites (tertiary alicyclic amines) is 1. The molecular formula is C35H30N6O4. The topological polar surface area (TPSA) is 133 Å². The maximum Gasteiger partial charge on any atom is 0.347 e. The molecule has 1 amide bonds. The molecule has 10 heteroatoms. The van der Waals surface area contributed by atoms with Gasteiger partial charge in [0, 0.05) is 53.9 Å². The highest BCUT2D eigenvalue weighted by molar-refractivity contribution is 5.98. The highest BCUT2D eigenvalue weighted by atomic mass is 16.3. The molecule has 3 N–H and O–H groups in total. The van der Waals surface area contributed by atoms with Crippen molar-refractivity contribution in [3.8, 4) is 28.1 Å². The number of nitrogens with one attached hydrogen (secondary N) is 2. The van der Waals surface area contributed by atoms with Crippen LogP contribution in [0.3, 0.4) is 0 Å². The van der Waals surface area contributed by atoms with Gasteiger partial charge in [0.05, 0.1) is 16.8 Å². The number of carbonyl (C=O) groups excluding carboxylic acids is 2. The monoisotopic (exact) mass is 598 g/mol. The molecule has 7 rings (SSSR count). The van der Waals surface area contributed by atoms with Gasteiger partial charge in [0.15, 0.2) is 11.9 Å². The second kappa shape index (κ2) is 11.8. The number of carbonyl (C=O) groups is 2. The number of aldehydes is 1. The molecule has 6 aromatic rings. The number of fused-ring (bicyclic) bond motifs is 3. The fourth-order valence-corrected chi connectivity index (χ4v) is 5.99. The summed E-state index contributed by atoms with van der Waals surface area (Å²) in [5.41, 5.74) is 6.48. The van der Waals surface area contributed by atoms with Gasteiger partial charge < -0.3 is 10.4 Å². The number of H-pyrrole nitrogens is 1. The molecule has 3 aromatic heterocycles. The number of aromatic nitrogens is 4. The summed E-state index contributed by atoms with van der Waals surface area (Å²) >= 11 is 0. The van der Waals surface area contributed by atoms with Crippen molar-refractivity contribution in [1.29, 1.82) is 0 Å². The van der Waals surface area contributed by atoms with Gasteiger partial charge in [-0.15, -0.1) is 0 Å². The molecule has 4 heterocycles. The van der Waals surface area contributed by atoms with Crippen LogP contribution in [-0.4, -0.2) is 60.9 Å². The molecule has 0 aliphatic carbocycles. The quantitative estimate of drug-likeness (QED) is 0.225. The number of pyridine rings is 2. The van der Waals surface area contributed by atoms with Crippen molar-refractivity contribution in [1.82, 2.24) is 29.8 Å². The Kier molecular flexibility index (Phi) is 7.40. The van der Waals surface area contributed by atoms with Crippen molar-refractivity contribution in [3.05, 3.63) is 118 Å². The van der Waals surface area contributed by atoms with Crippen molar-refractivity contribution in [3.63, 3.8) is 0 Å². The van der Waals surface area contributed by atoms with Gasteiger partial charge in [0.25, 0.3) is 5.91 Å². The number of phenolic OH excluding ortho intramolecular Hbond substituents is 1. The number of nitrogens with zero attached hydrogens (tertiary/aromatic N) is 4. The Morgan fingerprint density at radius 2 is 1.76 bits per heavy atom. The van der Waals surface area contributed by atoms with Gasteiger partial charge >= 0.3 is 5.69 Å². The first-order valence-electron chi connectivity index (χ1n) is 14.8. The van der Waals surface area contributed by atoms with E-state index in [1.807, 2.05) is 24.3 Å². The first-order chi connectivity index (χ1) is 22.0. The van der Waals surface area contributed by atoms with Crippen LogP contribution >= 0.6 is 0 Å². The van der Waals surface area contributed by atoms with E-state index in [0.29, 0.717) is 17.5 Å². The molecule has 1 fully saturated rings. The van der Waals surface area contributed by atoms with Crippen molar-refractivity contribution in [2.24, 2.45) is 0 Å². The number of hydrogen-bond acceptors (Lipinski definition) is 7. The highest BCUT2D eigenvalue weighted by Crippen LogP contribution is 2.34. The minimum absolute atomic E-state index is 0.0429. The summed E-state index contributed by atoms with van der Waals surface area (Å²) in [6.07, 6.45) is 3.87. The zero-order valence-corrected chi connectivity index (χ0v) is 24.3. The van der Waals surface area contributed by atoms with Crippen LogP contribution in [0, 0.1) is 0 Å². The Bertz CT molecular complexity index is 2100. The van der Waals surface area contributed by atoms with Crippen LogP contribution in [0.25, 0.3) is 38.9 Å². The van der Waals surface area contributed by atoms with Gasteiger partial charge in [-0.05, 0) is 54.3 Å². The van der Waals surface area contributed by atoms with E-state index in [1.165, 1.54) is 28.2 Å². The van der Waals surface area contributed by atoms with Crippen molar-refractivity contribution >= 4 is 28.7 Å². The third-order valence-corrected chi connectivity index (χ3v) is 8.44. The molecule has 0 radical (unpaired) electrons. The summed E-state index contributed by atoms with van der Waals surface area (Å²) in [6, 6.07) is 26.8. The number of benzene rings is 3. The number of phenols is 1. The van der Waals surface area contributed by atoms with E-state index < -0.39 is 0 Å². The Morgan fingerprint density at radius 3 is 2.51 bits per heavy atom. The van der Waals surface area contributed by atoms with Crippen LogP contribution in [0.5, 0.6) is 5.75 Å². The van der Waals surface area contributed by atoms with E-state index in [4.69, 9.17) is 4.98 Å². The first-order valence-corrected chi connectivity index (χ1v) is 14.8. The molecule has 1 aliphatic rings. The number of hydrogen-bond donors (Lipinski definition) is 3. The van der Waals surface area contributed by atoms with Gasteiger partial charge in [-0.1, -0.05) is 54.6 Å². The third kappa shape index (κ3) is 5.59. The summed E-state index contributed by atoms with van der Waals surface area (Å²) in [5, 5.41) is 20.3. The van der Waals surface area contributed by atoms with E-state index in [1.54, 1.807) is 6.20 Å². The number of piperidine rings is 1. The summed E-state index contributed by atoms with van der Waals surface area (Å²) < 4.78 is 1.49. The summed E-state index contributed by atoms with van der Waals surface area (Å²) in [5.74, 6) is -0.380. The molecule has 45 heavy (non-hydrogen) atoms. The molecule has 3 aromatic carbocycles. The first kappa shape index (κ1) is 28.2. The second-order valence-corrected chi connectivity index (χ2v) is 11.3. The summed E-state index contributed by atoms with van der Waals surface area (Å²) in [7, 11) is 0. The smallest absolute Gasteiger partial charge is 0.347 e. The maximum atomic E-state index is 12.7. The minimum atomic E-state index is -0.287. The fraction of sp³-hybridized carbons (Fsp3) is 0.171. The van der Waals surface area contributed by atoms with Crippen LogP contribution in [-0.2, 0) is 6.54 Å². The standard InChI is InChI=1S/C35H30N6O4/c42-21-26-18-25(10-11-31(26)43)34(44)36-27-12-15-40(16-13-27)20-22-6-8-24(9-7-22)32-28(23-4-2-1-3-5-23)19-29-30(37-32)14-17-41-33(29)38-39-35(41)45/h1-11,14,17-19,21,27,43H,12-13,15-16,20H2,(H,36,44)(H,39,45). The van der Waals surface area contributed by atoms with Crippen LogP contribution in [0.2, 0.25) is 0 Å². The van der Waals surface area contributed by atoms with Crippen LogP contribution in [0.1, 0.15) is 39.1 Å². The average Bonchev–Trinajstić information content (AvgIpc) is 3.46. The van der Waals surface area contributed by atoms with Gasteiger partial charge in [-0.2, -0.15) is 5.10 Å². The molecule has 10 nitrogen and oxygen atoms in total. The highest BCUT2D eigenvalue weighted by Gasteiger charge is 2.22. The van der Waals surface area contributed by atoms with Crippen molar-refractivity contribution in [2.75, 3.05) is 13.1 Å². The Hall–Kier alpha value is -5.61. The van der Waals surface area contributed by atoms with Crippen LogP contribution in [0.15, 0.2) is 95.9 Å². The van der Waals surface area contributed by atoms with Gasteiger partial charge in [-0.3, -0.25) is 14.5 Å². The SMILES string of the molecule is O=Cc1cc(C(=O)NC2CCN(Cc3ccc(-c4nc5ccn6c(=O)[nH]nc6c5cc4-c4ccccc4)cc3)CC2)ccc1O. The number of aromatic amines is 1. The van der Waals surface area contributed by atoms with E-state index in [2.05, 4.69) is 62.9 Å². The van der Waals surface area contributed by atoms with Gasteiger partial charge in [0.2, 0.25) is 0 Å². The van der Waals surface area contributed by atoms with Gasteiger partial charge in [0.1, 0.15) is 5.75 Å². The Balaban J connectivity index is 1.06.